The van der Waals surface area contributed by atoms with Gasteiger partial charge in [0.2, 0.25) is 5.78 Å². The fourth-order valence-corrected chi connectivity index (χ4v) is 3.11. The molecule has 0 aliphatic carbocycles. The third-order valence-corrected chi connectivity index (χ3v) is 4.28. The van der Waals surface area contributed by atoms with Gasteiger partial charge in [0.05, 0.1) is 18.4 Å². The molecule has 0 saturated heterocycles. The number of ether oxygens (including phenoxy) is 1. The molecule has 0 N–H and O–H groups in total. The number of fused-ring (bicyclic) bond motifs is 1. The number of hydrogen-bond donors (Lipinski definition) is 0. The van der Waals surface area contributed by atoms with E-state index in [0.717, 1.165) is 43.7 Å². The second-order valence-electron chi connectivity index (χ2n) is 5.64. The van der Waals surface area contributed by atoms with Gasteiger partial charge in [-0.2, -0.15) is 5.26 Å². The number of rotatable bonds is 4. The Morgan fingerprint density at radius 3 is 2.96 bits per heavy atom. The van der Waals surface area contributed by atoms with Crippen molar-refractivity contribution in [3.63, 3.8) is 0 Å². The molecule has 0 saturated carbocycles. The van der Waals surface area contributed by atoms with Gasteiger partial charge in [0, 0.05) is 18.5 Å². The molecule has 23 heavy (non-hydrogen) atoms. The largest absolute Gasteiger partial charge is 0.495 e. The van der Waals surface area contributed by atoms with E-state index in [9.17, 15) is 10.1 Å². The van der Waals surface area contributed by atoms with E-state index >= 15 is 0 Å². The first-order chi connectivity index (χ1) is 11.2. The Morgan fingerprint density at radius 2 is 2.26 bits per heavy atom. The Kier molecular flexibility index (Phi) is 4.16. The fraction of sp³-hybridized carbons (Fsp3) is 0.389. The van der Waals surface area contributed by atoms with Crippen molar-refractivity contribution in [2.75, 3.05) is 7.11 Å². The lowest BCUT2D eigenvalue weighted by atomic mass is 10.0. The van der Waals surface area contributed by atoms with E-state index in [1.807, 2.05) is 6.92 Å². The molecule has 0 spiro atoms. The zero-order valence-electron chi connectivity index (χ0n) is 13.4. The number of ketones is 1. The van der Waals surface area contributed by atoms with Gasteiger partial charge in [0.1, 0.15) is 23.3 Å². The van der Waals surface area contributed by atoms with Crippen LogP contribution in [0.1, 0.15) is 52.9 Å². The van der Waals surface area contributed by atoms with Crippen LogP contribution in [0.2, 0.25) is 0 Å². The molecule has 1 aliphatic heterocycles. The minimum absolute atomic E-state index is 0.0679. The second-order valence-corrected chi connectivity index (χ2v) is 5.64. The monoisotopic (exact) mass is 309 g/mol. The highest BCUT2D eigenvalue weighted by Crippen LogP contribution is 2.25. The van der Waals surface area contributed by atoms with Crippen LogP contribution in [-0.2, 0) is 19.4 Å². The first kappa shape index (κ1) is 15.3. The van der Waals surface area contributed by atoms with Crippen molar-refractivity contribution in [2.24, 2.45) is 0 Å². The van der Waals surface area contributed by atoms with Crippen molar-refractivity contribution in [3.8, 4) is 11.8 Å². The highest BCUT2D eigenvalue weighted by atomic mass is 16.5. The summed E-state index contributed by atoms with van der Waals surface area (Å²) in [5, 5.41) is 9.22. The zero-order valence-corrected chi connectivity index (χ0v) is 13.4. The highest BCUT2D eigenvalue weighted by Gasteiger charge is 2.25. The van der Waals surface area contributed by atoms with E-state index in [1.165, 1.54) is 7.11 Å². The van der Waals surface area contributed by atoms with E-state index in [4.69, 9.17) is 4.74 Å². The van der Waals surface area contributed by atoms with Crippen LogP contribution in [0.4, 0.5) is 0 Å². The van der Waals surface area contributed by atoms with Crippen molar-refractivity contribution in [3.05, 3.63) is 46.5 Å². The summed E-state index contributed by atoms with van der Waals surface area (Å²) in [4.78, 5) is 17.7. The average molecular weight is 309 g/mol. The van der Waals surface area contributed by atoms with Gasteiger partial charge in [-0.15, -0.1) is 0 Å². The minimum Gasteiger partial charge on any atom is -0.495 e. The summed E-state index contributed by atoms with van der Waals surface area (Å²) >= 11 is 0. The maximum atomic E-state index is 13.0. The molecule has 2 heterocycles. The summed E-state index contributed by atoms with van der Waals surface area (Å²) in [5.74, 6) is 1.42. The number of methoxy groups -OCH3 is 1. The second kappa shape index (κ2) is 6.25. The number of carbonyl (C=O) groups excluding carboxylic acids is 1. The van der Waals surface area contributed by atoms with Gasteiger partial charge in [-0.1, -0.05) is 6.92 Å². The molecule has 0 bridgehead atoms. The average Bonchev–Trinajstić information content (AvgIpc) is 2.99. The molecule has 0 amide bonds. The fourth-order valence-electron chi connectivity index (χ4n) is 3.11. The number of hydrogen-bond acceptors (Lipinski definition) is 4. The summed E-state index contributed by atoms with van der Waals surface area (Å²) in [6.07, 6.45) is 3.84. The van der Waals surface area contributed by atoms with Gasteiger partial charge in [0.25, 0.3) is 0 Å². The summed E-state index contributed by atoms with van der Waals surface area (Å²) in [6, 6.07) is 7.06. The maximum Gasteiger partial charge on any atom is 0.211 e. The normalized spacial score (nSPS) is 13.3. The van der Waals surface area contributed by atoms with E-state index in [1.54, 1.807) is 18.2 Å². The molecular formula is C18H19N3O2. The molecule has 0 unspecified atom stereocenters. The molecule has 5 heteroatoms. The molecular weight excluding hydrogens is 290 g/mol. The van der Waals surface area contributed by atoms with Crippen LogP contribution < -0.4 is 4.74 Å². The SMILES string of the molecule is CCc1nc2n(c1C(=O)c1ccc(OC)c(C#N)c1)CCCC2. The lowest BCUT2D eigenvalue weighted by Crippen LogP contribution is -2.17. The molecule has 2 aromatic rings. The van der Waals surface area contributed by atoms with Crippen LogP contribution >= 0.6 is 0 Å². The van der Waals surface area contributed by atoms with Crippen LogP contribution in [0.15, 0.2) is 18.2 Å². The van der Waals surface area contributed by atoms with Crippen LogP contribution in [0.25, 0.3) is 0 Å². The Bertz CT molecular complexity index is 799. The first-order valence-corrected chi connectivity index (χ1v) is 7.90. The predicted molar refractivity (Wildman–Crippen MR) is 85.7 cm³/mol. The van der Waals surface area contributed by atoms with Gasteiger partial charge in [-0.3, -0.25) is 4.79 Å². The topological polar surface area (TPSA) is 67.9 Å². The van der Waals surface area contributed by atoms with Gasteiger partial charge >= 0.3 is 0 Å². The van der Waals surface area contributed by atoms with Crippen molar-refractivity contribution < 1.29 is 9.53 Å². The third kappa shape index (κ3) is 2.61. The van der Waals surface area contributed by atoms with E-state index in [2.05, 4.69) is 15.6 Å². The zero-order chi connectivity index (χ0) is 16.4. The maximum absolute atomic E-state index is 13.0. The number of imidazole rings is 1. The molecule has 0 atom stereocenters. The van der Waals surface area contributed by atoms with Crippen LogP contribution in [0, 0.1) is 11.3 Å². The number of carbonyl (C=O) groups is 1. The van der Waals surface area contributed by atoms with E-state index < -0.39 is 0 Å². The standard InChI is InChI=1S/C18H19N3O2/c1-3-14-17(21-9-5-4-6-16(21)20-14)18(22)12-7-8-15(23-2)13(10-12)11-19/h7-8,10H,3-6,9H2,1-2H3. The Labute approximate surface area is 135 Å². The molecule has 0 radical (unpaired) electrons. The Hall–Kier alpha value is -2.61. The van der Waals surface area contributed by atoms with Crippen molar-refractivity contribution >= 4 is 5.78 Å². The lowest BCUT2D eigenvalue weighted by molar-refractivity contribution is 0.102. The van der Waals surface area contributed by atoms with E-state index in [-0.39, 0.29) is 5.78 Å². The van der Waals surface area contributed by atoms with Gasteiger partial charge in [-0.05, 0) is 37.5 Å². The van der Waals surface area contributed by atoms with Crippen LogP contribution in [-0.4, -0.2) is 22.4 Å². The molecule has 5 nitrogen and oxygen atoms in total. The predicted octanol–water partition coefficient (Wildman–Crippen LogP) is 2.89. The minimum atomic E-state index is -0.0679. The molecule has 3 rings (SSSR count). The van der Waals surface area contributed by atoms with Gasteiger partial charge in [-0.25, -0.2) is 4.98 Å². The summed E-state index contributed by atoms with van der Waals surface area (Å²) in [6.45, 7) is 2.85. The lowest BCUT2D eigenvalue weighted by Gasteiger charge is -2.16. The van der Waals surface area contributed by atoms with Crippen molar-refractivity contribution in [1.82, 2.24) is 9.55 Å². The summed E-state index contributed by atoms with van der Waals surface area (Å²) < 4.78 is 7.20. The molecule has 1 aromatic heterocycles. The van der Waals surface area contributed by atoms with E-state index in [0.29, 0.717) is 22.6 Å². The highest BCUT2D eigenvalue weighted by molar-refractivity contribution is 6.09. The Balaban J connectivity index is 2.07. The van der Waals surface area contributed by atoms with Crippen molar-refractivity contribution in [2.45, 2.75) is 39.2 Å². The van der Waals surface area contributed by atoms with Gasteiger partial charge in [0.15, 0.2) is 0 Å². The number of aryl methyl sites for hydroxylation is 2. The van der Waals surface area contributed by atoms with Crippen molar-refractivity contribution in [1.29, 1.82) is 5.26 Å². The quantitative estimate of drug-likeness (QED) is 0.814. The third-order valence-electron chi connectivity index (χ3n) is 4.28. The van der Waals surface area contributed by atoms with Crippen LogP contribution in [0.3, 0.4) is 0 Å². The molecule has 118 valence electrons. The summed E-state index contributed by atoms with van der Waals surface area (Å²) in [5.41, 5.74) is 2.40. The summed E-state index contributed by atoms with van der Waals surface area (Å²) in [7, 11) is 1.51. The Morgan fingerprint density at radius 1 is 1.43 bits per heavy atom. The smallest absolute Gasteiger partial charge is 0.211 e. The number of nitriles is 1. The molecule has 0 fully saturated rings. The number of nitrogens with zero attached hydrogens (tertiary/aromatic N) is 3. The molecule has 1 aliphatic rings. The van der Waals surface area contributed by atoms with Gasteiger partial charge < -0.3 is 9.30 Å². The van der Waals surface area contributed by atoms with Crippen LogP contribution in [0.5, 0.6) is 5.75 Å². The molecule has 1 aromatic carbocycles. The first-order valence-electron chi connectivity index (χ1n) is 7.90. The number of benzene rings is 1. The number of aromatic nitrogens is 2.